The van der Waals surface area contributed by atoms with Crippen LogP contribution in [0.25, 0.3) is 22.3 Å². The second kappa shape index (κ2) is 18.5. The van der Waals surface area contributed by atoms with Gasteiger partial charge in [-0.1, -0.05) is 179 Å². The molecule has 0 radical (unpaired) electrons. The molecule has 0 aliphatic carbocycles. The van der Waals surface area contributed by atoms with Gasteiger partial charge < -0.3 is 28.9 Å². The van der Waals surface area contributed by atoms with Crippen LogP contribution in [-0.2, 0) is 17.3 Å². The molecule has 0 atom stereocenters. The lowest BCUT2D eigenvalue weighted by Gasteiger charge is -2.48. The third-order valence-electron chi connectivity index (χ3n) is 21.0. The molecule has 0 amide bonds. The molecule has 91 heavy (non-hydrogen) atoms. The first-order valence-electron chi connectivity index (χ1n) is 31.8. The average Bonchev–Trinajstić information content (AvgIpc) is 0.711. The van der Waals surface area contributed by atoms with Crippen molar-refractivity contribution in [3.8, 4) is 45.3 Å². The lowest BCUT2D eigenvalue weighted by molar-refractivity contribution is 0.418. The fourth-order valence-corrected chi connectivity index (χ4v) is 19.5. The van der Waals surface area contributed by atoms with Crippen molar-refractivity contribution in [3.63, 3.8) is 0 Å². The van der Waals surface area contributed by atoms with Crippen molar-refractivity contribution >= 4 is 116 Å². The Bertz CT molecular complexity index is 5270. The second-order valence-corrected chi connectivity index (χ2v) is 29.0. The molecule has 8 aliphatic rings. The summed E-state index contributed by atoms with van der Waals surface area (Å²) < 4.78 is 14.0. The highest BCUT2D eigenvalue weighted by Crippen LogP contribution is 2.60. The maximum atomic E-state index is 7.05. The number of nitrogens with zero attached hydrogens (tertiary/aromatic N) is 4. The van der Waals surface area contributed by atoms with E-state index in [1.54, 1.807) is 0 Å². The number of hydrogen-bond donors (Lipinski definition) is 0. The summed E-state index contributed by atoms with van der Waals surface area (Å²) in [6.45, 7) is 13.9. The van der Waals surface area contributed by atoms with Crippen LogP contribution in [0.3, 0.4) is 0 Å². The van der Waals surface area contributed by atoms with Gasteiger partial charge in [-0.2, -0.15) is 0 Å². The van der Waals surface area contributed by atoms with Crippen LogP contribution in [0.2, 0.25) is 0 Å². The number of rotatable bonds is 4. The van der Waals surface area contributed by atoms with E-state index in [2.05, 4.69) is 291 Å². The molecule has 0 saturated carbocycles. The van der Waals surface area contributed by atoms with Crippen LogP contribution >= 0.6 is 23.5 Å². The monoisotopic (exact) mass is 1200 g/mol. The zero-order valence-electron chi connectivity index (χ0n) is 51.2. The van der Waals surface area contributed by atoms with E-state index in [0.29, 0.717) is 0 Å². The molecule has 0 aromatic heterocycles. The molecule has 0 unspecified atom stereocenters. The van der Waals surface area contributed by atoms with Crippen LogP contribution in [0.1, 0.15) is 72.2 Å². The number of ether oxygens (including phenoxy) is 2. The summed E-state index contributed by atoms with van der Waals surface area (Å²) in [7, 11) is 0. The topological polar surface area (TPSA) is 31.4 Å². The average molecular weight is 1210 g/mol. The van der Waals surface area contributed by atoms with Gasteiger partial charge in [-0.05, 0) is 184 Å². The van der Waals surface area contributed by atoms with Gasteiger partial charge in [-0.15, -0.1) is 0 Å². The minimum absolute atomic E-state index is 0.134. The summed E-state index contributed by atoms with van der Waals surface area (Å²) in [6.07, 6.45) is 0.726. The van der Waals surface area contributed by atoms with Crippen LogP contribution in [0.15, 0.2) is 250 Å². The smallest absolute Gasteiger partial charge is 0.333 e. The number of aryl methyl sites for hydroxylation is 2. The summed E-state index contributed by atoms with van der Waals surface area (Å²) >= 11 is 3.79. The van der Waals surface area contributed by atoms with Gasteiger partial charge in [0.1, 0.15) is 11.5 Å². The maximum Gasteiger partial charge on any atom is 0.333 e. The van der Waals surface area contributed by atoms with Gasteiger partial charge in [0.05, 0.1) is 22.7 Å². The van der Waals surface area contributed by atoms with Gasteiger partial charge in [0, 0.05) is 92.9 Å². The van der Waals surface area contributed by atoms with E-state index in [4.69, 9.17) is 9.47 Å². The van der Waals surface area contributed by atoms with Crippen molar-refractivity contribution in [1.29, 1.82) is 0 Å². The van der Waals surface area contributed by atoms with Crippen molar-refractivity contribution in [2.45, 2.75) is 78.4 Å². The predicted octanol–water partition coefficient (Wildman–Crippen LogP) is 19.1. The first-order chi connectivity index (χ1) is 44.4. The molecule has 8 heterocycles. The summed E-state index contributed by atoms with van der Waals surface area (Å²) in [4.78, 5) is 15.6. The molecule has 10 heteroatoms. The van der Waals surface area contributed by atoms with Crippen molar-refractivity contribution in [1.82, 2.24) is 0 Å². The molecule has 20 rings (SSSR count). The third-order valence-corrected chi connectivity index (χ3v) is 23.2. The van der Waals surface area contributed by atoms with E-state index >= 15 is 0 Å². The van der Waals surface area contributed by atoms with Gasteiger partial charge in [-0.25, -0.2) is 0 Å². The largest absolute Gasteiger partial charge is 0.457 e. The quantitative estimate of drug-likeness (QED) is 0.161. The molecule has 0 N–H and O–H groups in total. The number of anilines is 10. The standard InChI is InChI=1S/C81H58B2N4O2S2/c1-46-36-53-51-42-57-71(88-68-28-14-10-22-55(68)80(57,3)4)44-64(51)87(83-60-25-19-33-74-79(60)85(66(37-46)76(53)83)63-27-13-17-32-73(63)91-74)61-35-34-48(38-47(61)2)39-49-40-54-52-43-58-75(90-72-31-16-11-23-56(72)81(58,5)6)45-65(52)86(50-20-8-7-9-21-50)82-59-24-18-30-70-78(59)84(67(41-49)77(54)82)62-26-12-15-29-69(62)89-70/h7-38,40-45H,39H2,1-6H3. The van der Waals surface area contributed by atoms with Crippen LogP contribution in [0.5, 0.6) is 23.0 Å². The van der Waals surface area contributed by atoms with Crippen molar-refractivity contribution < 1.29 is 9.47 Å². The molecule has 12 aromatic rings. The zero-order valence-corrected chi connectivity index (χ0v) is 52.9. The zero-order chi connectivity index (χ0) is 60.5. The number of para-hydroxylation sites is 7. The van der Waals surface area contributed by atoms with Crippen LogP contribution in [0.4, 0.5) is 56.9 Å². The van der Waals surface area contributed by atoms with Crippen molar-refractivity contribution in [2.75, 3.05) is 19.4 Å². The summed E-state index contributed by atoms with van der Waals surface area (Å²) in [5.74, 6) is 3.55. The summed E-state index contributed by atoms with van der Waals surface area (Å²) in [5.41, 5.74) is 31.5. The Balaban J connectivity index is 0.787. The lowest BCUT2D eigenvalue weighted by Crippen LogP contribution is -2.62. The molecule has 0 spiro atoms. The van der Waals surface area contributed by atoms with E-state index in [0.717, 1.165) is 52.2 Å². The van der Waals surface area contributed by atoms with Gasteiger partial charge in [0.15, 0.2) is 11.5 Å². The van der Waals surface area contributed by atoms with E-state index in [1.165, 1.54) is 142 Å². The number of benzene rings is 12. The lowest BCUT2D eigenvalue weighted by atomic mass is 9.43. The molecular weight excluding hydrogens is 1150 g/mol. The highest BCUT2D eigenvalue weighted by atomic mass is 32.2. The molecular formula is C81H58B2N4O2S2. The van der Waals surface area contributed by atoms with Gasteiger partial charge in [0.25, 0.3) is 0 Å². The molecule has 8 aliphatic heterocycles. The fourth-order valence-electron chi connectivity index (χ4n) is 17.0. The van der Waals surface area contributed by atoms with E-state index in [1.807, 2.05) is 23.5 Å². The fraction of sp³-hybridized carbons (Fsp3) is 0.111. The normalized spacial score (nSPS) is 15.8. The van der Waals surface area contributed by atoms with E-state index < -0.39 is 0 Å². The molecule has 12 aromatic carbocycles. The molecule has 0 bridgehead atoms. The SMILES string of the molecule is Cc1cc2c3c(c1)N1c4ccccc4Sc4cccc(c41)B3N(c1ccc(Cc3cc4c5c(c3)N3c6ccccc6Oc6cccc(c63)B5N(c3ccccc3)c3cc5c(cc3-4)C(C)(C)c3ccccc3S5)cc1C)c1cc3c(cc1-2)C(C)(C)c1ccccc1O3. The van der Waals surface area contributed by atoms with Crippen LogP contribution in [-0.4, -0.2) is 13.7 Å². The Kier molecular flexibility index (Phi) is 10.6. The third kappa shape index (κ3) is 7.09. The number of fused-ring (bicyclic) bond motifs is 16. The van der Waals surface area contributed by atoms with Crippen molar-refractivity contribution in [3.05, 3.63) is 275 Å². The second-order valence-electron chi connectivity index (χ2n) is 26.9. The number of hydrogen-bond acceptors (Lipinski definition) is 8. The Morgan fingerprint density at radius 1 is 0.363 bits per heavy atom. The Morgan fingerprint density at radius 2 is 0.967 bits per heavy atom. The van der Waals surface area contributed by atoms with Crippen molar-refractivity contribution in [2.24, 2.45) is 0 Å². The maximum absolute atomic E-state index is 7.05. The Hall–Kier alpha value is -9.73. The molecule has 432 valence electrons. The first kappa shape index (κ1) is 52.1. The van der Waals surface area contributed by atoms with Crippen LogP contribution < -0.4 is 50.7 Å². The van der Waals surface area contributed by atoms with E-state index in [9.17, 15) is 0 Å². The molecule has 6 nitrogen and oxygen atoms in total. The molecule has 0 saturated heterocycles. The van der Waals surface area contributed by atoms with Gasteiger partial charge in [0.2, 0.25) is 0 Å². The van der Waals surface area contributed by atoms with Crippen LogP contribution in [0, 0.1) is 13.8 Å². The first-order valence-corrected chi connectivity index (χ1v) is 33.4. The Labute approximate surface area is 540 Å². The summed E-state index contributed by atoms with van der Waals surface area (Å²) in [6, 6.07) is 87.0. The minimum atomic E-state index is -0.301. The minimum Gasteiger partial charge on any atom is -0.457 e. The van der Waals surface area contributed by atoms with Gasteiger partial charge in [-0.3, -0.25) is 0 Å². The highest BCUT2D eigenvalue weighted by molar-refractivity contribution is 8.00. The Morgan fingerprint density at radius 3 is 1.79 bits per heavy atom. The highest BCUT2D eigenvalue weighted by Gasteiger charge is 2.51. The van der Waals surface area contributed by atoms with E-state index in [-0.39, 0.29) is 24.5 Å². The molecule has 0 fully saturated rings. The van der Waals surface area contributed by atoms with Gasteiger partial charge >= 0.3 is 13.7 Å². The summed E-state index contributed by atoms with van der Waals surface area (Å²) in [5, 5.41) is 0. The predicted molar refractivity (Wildman–Crippen MR) is 378 cm³/mol.